The molecule has 10 heteroatoms. The van der Waals surface area contributed by atoms with Crippen LogP contribution >= 0.6 is 0 Å². The number of aromatic nitrogens is 4. The van der Waals surface area contributed by atoms with Crippen LogP contribution in [-0.4, -0.2) is 56.6 Å². The second-order valence-corrected chi connectivity index (χ2v) is 8.69. The molecular weight excluding hydrogens is 435 g/mol. The van der Waals surface area contributed by atoms with Gasteiger partial charge in [0.25, 0.3) is 5.91 Å². The molecular formula is C24H35FN8O. The van der Waals surface area contributed by atoms with Gasteiger partial charge in [0.15, 0.2) is 5.69 Å². The minimum absolute atomic E-state index is 0.176. The Morgan fingerprint density at radius 1 is 1.24 bits per heavy atom. The van der Waals surface area contributed by atoms with Crippen LogP contribution in [0.5, 0.6) is 0 Å². The second-order valence-electron chi connectivity index (χ2n) is 8.69. The Labute approximate surface area is 200 Å². The van der Waals surface area contributed by atoms with Crippen molar-refractivity contribution >= 4 is 22.9 Å². The number of nitrogens with one attached hydrogen (secondary N) is 2. The van der Waals surface area contributed by atoms with Gasteiger partial charge in [-0.05, 0) is 52.0 Å². The number of nitriles is 1. The fraction of sp³-hybridized carbons (Fsp3) is 0.500. The van der Waals surface area contributed by atoms with Crippen molar-refractivity contribution in [2.45, 2.75) is 53.3 Å². The molecule has 1 atom stereocenters. The average molecular weight is 471 g/mol. The first-order valence-corrected chi connectivity index (χ1v) is 11.5. The first-order chi connectivity index (χ1) is 16.1. The van der Waals surface area contributed by atoms with Gasteiger partial charge < -0.3 is 15.5 Å². The summed E-state index contributed by atoms with van der Waals surface area (Å²) in [7, 11) is 1.70. The fourth-order valence-corrected chi connectivity index (χ4v) is 3.33. The predicted molar refractivity (Wildman–Crippen MR) is 133 cm³/mol. The van der Waals surface area contributed by atoms with Gasteiger partial charge in [-0.15, -0.1) is 5.10 Å². The number of anilines is 2. The van der Waals surface area contributed by atoms with Gasteiger partial charge in [0.1, 0.15) is 23.2 Å². The number of hydrogen-bond donors (Lipinski definition) is 2. The van der Waals surface area contributed by atoms with E-state index in [4.69, 9.17) is 5.26 Å². The van der Waals surface area contributed by atoms with Crippen molar-refractivity contribution in [2.24, 2.45) is 7.05 Å². The number of piperazine rings is 1. The normalized spacial score (nSPS) is 15.5. The fourth-order valence-electron chi connectivity index (χ4n) is 3.33. The molecule has 0 aromatic carbocycles. The van der Waals surface area contributed by atoms with Gasteiger partial charge in [0, 0.05) is 38.9 Å². The number of alkyl halides is 1. The number of amides is 1. The van der Waals surface area contributed by atoms with Crippen molar-refractivity contribution in [1.82, 2.24) is 24.7 Å². The molecule has 1 unspecified atom stereocenters. The molecule has 0 radical (unpaired) electrons. The minimum Gasteiger partial charge on any atom is -0.350 e. The lowest BCUT2D eigenvalue weighted by Crippen LogP contribution is -2.50. The van der Waals surface area contributed by atoms with Gasteiger partial charge in [-0.1, -0.05) is 13.8 Å². The highest BCUT2D eigenvalue weighted by atomic mass is 19.1. The summed E-state index contributed by atoms with van der Waals surface area (Å²) in [5, 5.41) is 24.0. The summed E-state index contributed by atoms with van der Waals surface area (Å²) in [6, 6.07) is 9.82. The minimum atomic E-state index is -1.00. The molecule has 34 heavy (non-hydrogen) atoms. The van der Waals surface area contributed by atoms with Crippen LogP contribution < -0.4 is 15.5 Å². The molecule has 1 amide bonds. The summed E-state index contributed by atoms with van der Waals surface area (Å²) in [4.78, 5) is 15.0. The molecule has 4 heterocycles. The molecule has 0 aliphatic carbocycles. The van der Waals surface area contributed by atoms with Crippen molar-refractivity contribution < 1.29 is 9.18 Å². The Balaban J connectivity index is 0.000000520. The van der Waals surface area contributed by atoms with E-state index in [-0.39, 0.29) is 11.6 Å². The number of hydrogen-bond acceptors (Lipinski definition) is 6. The highest BCUT2D eigenvalue weighted by molar-refractivity contribution is 6.04. The third-order valence-electron chi connectivity index (χ3n) is 4.70. The van der Waals surface area contributed by atoms with Crippen LogP contribution in [0.1, 0.15) is 57.7 Å². The molecule has 1 saturated heterocycles. The number of carbonyl (C=O) groups is 1. The van der Waals surface area contributed by atoms with Crippen molar-refractivity contribution in [1.29, 1.82) is 5.26 Å². The van der Waals surface area contributed by atoms with E-state index < -0.39 is 5.67 Å². The van der Waals surface area contributed by atoms with Gasteiger partial charge in [-0.25, -0.2) is 8.91 Å². The lowest BCUT2D eigenvalue weighted by Gasteiger charge is -2.34. The zero-order chi connectivity index (χ0) is 25.5. The van der Waals surface area contributed by atoms with Gasteiger partial charge in [-0.2, -0.15) is 10.4 Å². The predicted octanol–water partition coefficient (Wildman–Crippen LogP) is 3.77. The van der Waals surface area contributed by atoms with E-state index >= 15 is 0 Å². The molecule has 1 aliphatic heterocycles. The molecule has 9 nitrogen and oxygen atoms in total. The van der Waals surface area contributed by atoms with Crippen molar-refractivity contribution in [3.05, 3.63) is 41.9 Å². The SMILES string of the molecule is CC.CC(C)(C)F.CC1CNCCN1c1ccc2ccc(C(=O)Nc3cn(C)nc3C#N)n2n1. The van der Waals surface area contributed by atoms with E-state index in [2.05, 4.69) is 32.7 Å². The lowest BCUT2D eigenvalue weighted by molar-refractivity contribution is 0.102. The Kier molecular flexibility index (Phi) is 9.15. The summed E-state index contributed by atoms with van der Waals surface area (Å²) in [5.74, 6) is 0.498. The van der Waals surface area contributed by atoms with E-state index in [1.165, 1.54) is 25.5 Å². The molecule has 1 fully saturated rings. The molecule has 0 saturated carbocycles. The summed E-state index contributed by atoms with van der Waals surface area (Å²) in [5.41, 5.74) is 0.794. The smallest absolute Gasteiger partial charge is 0.274 e. The van der Waals surface area contributed by atoms with E-state index in [1.807, 2.05) is 38.1 Å². The standard InChI is InChI=1S/C18H20N8O.C4H9F.C2H6/c1-12-10-20-7-8-25(12)17-6-4-13-3-5-16(26(13)23-17)18(27)21-15-11-24(2)22-14(15)9-19;1-4(2,3)5;1-2/h3-6,11-12,20H,7-8,10H2,1-2H3,(H,21,27);1-3H3;1-2H3. The third-order valence-corrected chi connectivity index (χ3v) is 4.70. The zero-order valence-corrected chi connectivity index (χ0v) is 21.1. The number of rotatable bonds is 3. The number of fused-ring (bicyclic) bond motifs is 1. The Morgan fingerprint density at radius 3 is 2.50 bits per heavy atom. The summed E-state index contributed by atoms with van der Waals surface area (Å²) in [6.45, 7) is 13.4. The van der Waals surface area contributed by atoms with Gasteiger partial charge in [-0.3, -0.25) is 9.48 Å². The first kappa shape index (κ1) is 26.8. The second kappa shape index (κ2) is 11.6. The molecule has 3 aromatic heterocycles. The number of carbonyl (C=O) groups excluding carboxylic acids is 1. The Morgan fingerprint density at radius 2 is 1.88 bits per heavy atom. The van der Waals surface area contributed by atoms with E-state index in [1.54, 1.807) is 23.8 Å². The molecule has 0 bridgehead atoms. The van der Waals surface area contributed by atoms with E-state index in [0.29, 0.717) is 17.4 Å². The Hall–Kier alpha value is -3.45. The van der Waals surface area contributed by atoms with Crippen LogP contribution in [-0.2, 0) is 7.05 Å². The maximum absolute atomic E-state index is 12.8. The van der Waals surface area contributed by atoms with Crippen LogP contribution in [0.25, 0.3) is 5.52 Å². The Bertz CT molecular complexity index is 1130. The monoisotopic (exact) mass is 470 g/mol. The zero-order valence-electron chi connectivity index (χ0n) is 21.1. The van der Waals surface area contributed by atoms with Gasteiger partial charge in [0.2, 0.25) is 0 Å². The topological polar surface area (TPSA) is 103 Å². The van der Waals surface area contributed by atoms with Crippen molar-refractivity contribution in [3.63, 3.8) is 0 Å². The maximum Gasteiger partial charge on any atom is 0.274 e. The summed E-state index contributed by atoms with van der Waals surface area (Å²) >= 11 is 0. The van der Waals surface area contributed by atoms with Gasteiger partial charge >= 0.3 is 0 Å². The molecule has 184 valence electrons. The van der Waals surface area contributed by atoms with Crippen LogP contribution in [0.3, 0.4) is 0 Å². The highest BCUT2D eigenvalue weighted by Gasteiger charge is 2.21. The van der Waals surface area contributed by atoms with Crippen molar-refractivity contribution in [3.8, 4) is 6.07 Å². The quantitative estimate of drug-likeness (QED) is 0.604. The number of halogens is 1. The lowest BCUT2D eigenvalue weighted by atomic mass is 10.2. The maximum atomic E-state index is 12.8. The summed E-state index contributed by atoms with van der Waals surface area (Å²) in [6.07, 6.45) is 1.60. The third kappa shape index (κ3) is 7.02. The summed E-state index contributed by atoms with van der Waals surface area (Å²) < 4.78 is 14.8. The number of aryl methyl sites for hydroxylation is 1. The van der Waals surface area contributed by atoms with E-state index in [9.17, 15) is 9.18 Å². The molecule has 2 N–H and O–H groups in total. The molecule has 3 aromatic rings. The highest BCUT2D eigenvalue weighted by Crippen LogP contribution is 2.19. The molecule has 0 spiro atoms. The molecule has 1 aliphatic rings. The van der Waals surface area contributed by atoms with Crippen LogP contribution in [0.15, 0.2) is 30.5 Å². The first-order valence-electron chi connectivity index (χ1n) is 11.5. The van der Waals surface area contributed by atoms with Crippen LogP contribution in [0.4, 0.5) is 15.9 Å². The molecule has 4 rings (SSSR count). The van der Waals surface area contributed by atoms with Crippen LogP contribution in [0.2, 0.25) is 0 Å². The van der Waals surface area contributed by atoms with Crippen LogP contribution in [0, 0.1) is 11.3 Å². The average Bonchev–Trinajstić information content (AvgIpc) is 3.36. The van der Waals surface area contributed by atoms with Gasteiger partial charge in [0.05, 0.1) is 11.2 Å². The largest absolute Gasteiger partial charge is 0.350 e. The van der Waals surface area contributed by atoms with Crippen molar-refractivity contribution in [2.75, 3.05) is 29.9 Å². The van der Waals surface area contributed by atoms with E-state index in [0.717, 1.165) is 31.0 Å². The number of nitrogens with zero attached hydrogens (tertiary/aromatic N) is 6.